The van der Waals surface area contributed by atoms with Crippen molar-refractivity contribution in [3.05, 3.63) is 95.8 Å². The number of hydrogen-bond donors (Lipinski definition) is 1. The van der Waals surface area contributed by atoms with Crippen LogP contribution in [0.15, 0.2) is 79.1 Å². The van der Waals surface area contributed by atoms with Gasteiger partial charge in [0.25, 0.3) is 0 Å². The van der Waals surface area contributed by atoms with Crippen LogP contribution in [0.2, 0.25) is 0 Å². The number of ketones is 1. The summed E-state index contributed by atoms with van der Waals surface area (Å²) in [5.41, 5.74) is 4.30. The number of rotatable bonds is 7. The van der Waals surface area contributed by atoms with E-state index in [0.29, 0.717) is 12.8 Å². The minimum absolute atomic E-state index is 0.202. The average Bonchev–Trinajstić information content (AvgIpc) is 2.63. The summed E-state index contributed by atoms with van der Waals surface area (Å²) in [6, 6.07) is 22.1. The van der Waals surface area contributed by atoms with Crippen LogP contribution in [0.3, 0.4) is 0 Å². The lowest BCUT2D eigenvalue weighted by Crippen LogP contribution is -2.07. The molecule has 0 fully saturated rings. The molecule has 1 heterocycles. The first-order valence-corrected chi connectivity index (χ1v) is 8.07. The van der Waals surface area contributed by atoms with Crippen LogP contribution >= 0.6 is 0 Å². The fraction of sp³-hybridized carbons (Fsp3) is 0.143. The summed E-state index contributed by atoms with van der Waals surface area (Å²) in [6.07, 6.45) is 4.35. The molecule has 0 amide bonds. The molecule has 1 aromatic heterocycles. The number of anilines is 1. The van der Waals surface area contributed by atoms with Gasteiger partial charge in [-0.2, -0.15) is 0 Å². The highest BCUT2D eigenvalue weighted by molar-refractivity contribution is 5.83. The number of carbonyl (C=O) groups excluding carboxylic acids is 1. The number of pyridine rings is 1. The van der Waals surface area contributed by atoms with Crippen molar-refractivity contribution >= 4 is 11.5 Å². The van der Waals surface area contributed by atoms with Gasteiger partial charge in [-0.1, -0.05) is 48.5 Å². The average molecular weight is 316 g/mol. The van der Waals surface area contributed by atoms with Crippen LogP contribution in [-0.2, 0) is 24.2 Å². The Morgan fingerprint density at radius 3 is 2.21 bits per heavy atom. The Kier molecular flexibility index (Phi) is 5.36. The Balaban J connectivity index is 1.51. The highest BCUT2D eigenvalue weighted by Crippen LogP contribution is 2.13. The first kappa shape index (κ1) is 15.9. The van der Waals surface area contributed by atoms with Crippen LogP contribution in [0.4, 0.5) is 5.69 Å². The summed E-state index contributed by atoms with van der Waals surface area (Å²) in [7, 11) is 0. The van der Waals surface area contributed by atoms with E-state index in [4.69, 9.17) is 0 Å². The monoisotopic (exact) mass is 316 g/mol. The van der Waals surface area contributed by atoms with E-state index in [-0.39, 0.29) is 5.78 Å². The van der Waals surface area contributed by atoms with Gasteiger partial charge < -0.3 is 5.32 Å². The summed E-state index contributed by atoms with van der Waals surface area (Å²) >= 11 is 0. The van der Waals surface area contributed by atoms with Crippen LogP contribution in [0.1, 0.15) is 16.7 Å². The van der Waals surface area contributed by atoms with Gasteiger partial charge in [-0.25, -0.2) is 0 Å². The number of Topliss-reactive ketones (excluding diaryl/α,β-unsaturated/α-hetero) is 1. The lowest BCUT2D eigenvalue weighted by atomic mass is 10.0. The molecule has 1 N–H and O–H groups in total. The molecule has 0 saturated heterocycles. The molecule has 3 nitrogen and oxygen atoms in total. The number of aromatic nitrogens is 1. The summed E-state index contributed by atoms with van der Waals surface area (Å²) in [4.78, 5) is 16.2. The van der Waals surface area contributed by atoms with E-state index >= 15 is 0 Å². The van der Waals surface area contributed by atoms with E-state index in [2.05, 4.69) is 22.4 Å². The quantitative estimate of drug-likeness (QED) is 0.715. The highest BCUT2D eigenvalue weighted by atomic mass is 16.1. The largest absolute Gasteiger partial charge is 0.381 e. The molecular weight excluding hydrogens is 296 g/mol. The molecule has 3 aromatic rings. The lowest BCUT2D eigenvalue weighted by Gasteiger charge is -2.08. The molecule has 0 unspecified atom stereocenters. The van der Waals surface area contributed by atoms with Crippen molar-refractivity contribution in [2.75, 3.05) is 5.32 Å². The van der Waals surface area contributed by atoms with Crippen LogP contribution in [0, 0.1) is 0 Å². The standard InChI is InChI=1S/C21H20N2O/c24-21(14-19-7-4-12-22-15-19)13-17-8-10-20(11-9-17)23-16-18-5-2-1-3-6-18/h1-12,15,23H,13-14,16H2. The fourth-order valence-corrected chi connectivity index (χ4v) is 2.56. The van der Waals surface area contributed by atoms with Gasteiger partial charge >= 0.3 is 0 Å². The molecule has 2 aromatic carbocycles. The van der Waals surface area contributed by atoms with Gasteiger partial charge in [0.05, 0.1) is 0 Å². The number of benzene rings is 2. The third-order valence-electron chi connectivity index (χ3n) is 3.82. The number of carbonyl (C=O) groups is 1. The van der Waals surface area contributed by atoms with E-state index in [9.17, 15) is 4.79 Å². The van der Waals surface area contributed by atoms with E-state index < -0.39 is 0 Å². The van der Waals surface area contributed by atoms with E-state index in [1.807, 2.05) is 54.6 Å². The third-order valence-corrected chi connectivity index (χ3v) is 3.82. The van der Waals surface area contributed by atoms with E-state index in [1.165, 1.54) is 5.56 Å². The van der Waals surface area contributed by atoms with Gasteiger partial charge in [0.15, 0.2) is 0 Å². The van der Waals surface area contributed by atoms with Crippen molar-refractivity contribution in [3.8, 4) is 0 Å². The zero-order chi connectivity index (χ0) is 16.6. The number of nitrogens with zero attached hydrogens (tertiary/aromatic N) is 1. The summed E-state index contributed by atoms with van der Waals surface area (Å²) in [6.45, 7) is 0.792. The molecule has 24 heavy (non-hydrogen) atoms. The maximum absolute atomic E-state index is 12.1. The van der Waals surface area contributed by atoms with Crippen molar-refractivity contribution < 1.29 is 4.79 Å². The predicted octanol–water partition coefficient (Wildman–Crippen LogP) is 4.05. The first-order chi connectivity index (χ1) is 11.8. The smallest absolute Gasteiger partial charge is 0.141 e. The molecule has 0 atom stereocenters. The normalized spacial score (nSPS) is 10.3. The lowest BCUT2D eigenvalue weighted by molar-refractivity contribution is -0.117. The number of nitrogens with one attached hydrogen (secondary N) is 1. The molecule has 3 heteroatoms. The molecule has 0 radical (unpaired) electrons. The number of hydrogen-bond acceptors (Lipinski definition) is 3. The van der Waals surface area contributed by atoms with Crippen LogP contribution < -0.4 is 5.32 Å². The van der Waals surface area contributed by atoms with Crippen LogP contribution in [-0.4, -0.2) is 10.8 Å². The van der Waals surface area contributed by atoms with Crippen molar-refractivity contribution in [1.82, 2.24) is 4.98 Å². The van der Waals surface area contributed by atoms with E-state index in [0.717, 1.165) is 23.4 Å². The minimum atomic E-state index is 0.202. The molecule has 0 spiro atoms. The Morgan fingerprint density at radius 2 is 1.50 bits per heavy atom. The van der Waals surface area contributed by atoms with Crippen molar-refractivity contribution in [2.45, 2.75) is 19.4 Å². The Hall–Kier alpha value is -2.94. The zero-order valence-corrected chi connectivity index (χ0v) is 13.5. The Bertz CT molecular complexity index is 768. The molecule has 3 rings (SSSR count). The van der Waals surface area contributed by atoms with Crippen LogP contribution in [0.5, 0.6) is 0 Å². The molecule has 0 saturated carbocycles. The van der Waals surface area contributed by atoms with Crippen LogP contribution in [0.25, 0.3) is 0 Å². The maximum Gasteiger partial charge on any atom is 0.141 e. The summed E-state index contributed by atoms with van der Waals surface area (Å²) < 4.78 is 0. The van der Waals surface area contributed by atoms with Gasteiger partial charge in [-0.3, -0.25) is 9.78 Å². The minimum Gasteiger partial charge on any atom is -0.381 e. The predicted molar refractivity (Wildman–Crippen MR) is 96.9 cm³/mol. The van der Waals surface area contributed by atoms with Crippen molar-refractivity contribution in [2.24, 2.45) is 0 Å². The van der Waals surface area contributed by atoms with Gasteiger partial charge in [0.2, 0.25) is 0 Å². The Morgan fingerprint density at radius 1 is 0.792 bits per heavy atom. The van der Waals surface area contributed by atoms with E-state index in [1.54, 1.807) is 12.4 Å². The molecule has 0 aliphatic rings. The molecule has 120 valence electrons. The van der Waals surface area contributed by atoms with Gasteiger partial charge in [0.1, 0.15) is 5.78 Å². The van der Waals surface area contributed by atoms with Crippen molar-refractivity contribution in [1.29, 1.82) is 0 Å². The molecule has 0 aliphatic heterocycles. The molecular formula is C21H20N2O. The second-order valence-electron chi connectivity index (χ2n) is 5.79. The van der Waals surface area contributed by atoms with Gasteiger partial charge in [-0.15, -0.1) is 0 Å². The molecule has 0 aliphatic carbocycles. The van der Waals surface area contributed by atoms with Gasteiger partial charge in [-0.05, 0) is 34.9 Å². The first-order valence-electron chi connectivity index (χ1n) is 8.07. The second kappa shape index (κ2) is 8.06. The van der Waals surface area contributed by atoms with Gasteiger partial charge in [0, 0.05) is 37.5 Å². The SMILES string of the molecule is O=C(Cc1ccc(NCc2ccccc2)cc1)Cc1cccnc1. The Labute approximate surface area is 142 Å². The molecule has 0 bridgehead atoms. The third kappa shape index (κ3) is 4.78. The topological polar surface area (TPSA) is 42.0 Å². The highest BCUT2D eigenvalue weighted by Gasteiger charge is 2.05. The maximum atomic E-state index is 12.1. The van der Waals surface area contributed by atoms with Crippen molar-refractivity contribution in [3.63, 3.8) is 0 Å². The summed E-state index contributed by atoms with van der Waals surface area (Å²) in [5, 5.41) is 3.39. The fourth-order valence-electron chi connectivity index (χ4n) is 2.56. The second-order valence-corrected chi connectivity index (χ2v) is 5.79. The zero-order valence-electron chi connectivity index (χ0n) is 13.5. The summed E-state index contributed by atoms with van der Waals surface area (Å²) in [5.74, 6) is 0.202.